The standard InChI is InChI=1S/C18H24N2O4/c1-12(2)15(21)10-19-17(22)8-9-18-20-11-16(24-18)13-4-6-14(23-3)7-5-13/h4-7,11-12,15,21H,8-10H2,1-3H3,(H,19,22). The van der Waals surface area contributed by atoms with E-state index >= 15 is 0 Å². The van der Waals surface area contributed by atoms with E-state index < -0.39 is 6.10 Å². The summed E-state index contributed by atoms with van der Waals surface area (Å²) >= 11 is 0. The maximum Gasteiger partial charge on any atom is 0.220 e. The Morgan fingerprint density at radius 3 is 2.67 bits per heavy atom. The van der Waals surface area contributed by atoms with Crippen LogP contribution < -0.4 is 10.1 Å². The minimum Gasteiger partial charge on any atom is -0.497 e. The Morgan fingerprint density at radius 1 is 1.33 bits per heavy atom. The van der Waals surface area contributed by atoms with Crippen LogP contribution in [-0.4, -0.2) is 35.8 Å². The molecule has 6 nitrogen and oxygen atoms in total. The van der Waals surface area contributed by atoms with Gasteiger partial charge in [-0.1, -0.05) is 13.8 Å². The van der Waals surface area contributed by atoms with Crippen molar-refractivity contribution >= 4 is 5.91 Å². The summed E-state index contributed by atoms with van der Waals surface area (Å²) in [7, 11) is 1.62. The Kier molecular flexibility index (Phi) is 6.37. The van der Waals surface area contributed by atoms with Crippen molar-refractivity contribution in [1.29, 1.82) is 0 Å². The monoisotopic (exact) mass is 332 g/mol. The number of hydrogen-bond donors (Lipinski definition) is 2. The normalized spacial score (nSPS) is 12.2. The van der Waals surface area contributed by atoms with Crippen molar-refractivity contribution in [1.82, 2.24) is 10.3 Å². The Labute approximate surface area is 141 Å². The van der Waals surface area contributed by atoms with E-state index in [2.05, 4.69) is 10.3 Å². The summed E-state index contributed by atoms with van der Waals surface area (Å²) in [6, 6.07) is 7.49. The summed E-state index contributed by atoms with van der Waals surface area (Å²) < 4.78 is 10.8. The number of benzene rings is 1. The molecule has 1 aromatic heterocycles. The SMILES string of the molecule is COc1ccc(-c2cnc(CCC(=O)NCC(O)C(C)C)o2)cc1. The summed E-state index contributed by atoms with van der Waals surface area (Å²) in [4.78, 5) is 16.0. The highest BCUT2D eigenvalue weighted by atomic mass is 16.5. The molecule has 0 fully saturated rings. The van der Waals surface area contributed by atoms with Crippen molar-refractivity contribution in [3.8, 4) is 17.1 Å². The van der Waals surface area contributed by atoms with Gasteiger partial charge in [0, 0.05) is 24.9 Å². The fourth-order valence-corrected chi connectivity index (χ4v) is 2.08. The number of ether oxygens (including phenoxy) is 1. The Balaban J connectivity index is 1.84. The molecule has 0 spiro atoms. The van der Waals surface area contributed by atoms with Crippen molar-refractivity contribution in [3.05, 3.63) is 36.4 Å². The summed E-state index contributed by atoms with van der Waals surface area (Å²) in [5, 5.41) is 12.4. The Bertz CT molecular complexity index is 649. The molecule has 0 aliphatic rings. The molecule has 130 valence electrons. The van der Waals surface area contributed by atoms with Crippen LogP contribution in [0.25, 0.3) is 11.3 Å². The van der Waals surface area contributed by atoms with Crippen molar-refractivity contribution in [2.75, 3.05) is 13.7 Å². The smallest absolute Gasteiger partial charge is 0.220 e. The number of carbonyl (C=O) groups excluding carboxylic acids is 1. The summed E-state index contributed by atoms with van der Waals surface area (Å²) in [5.41, 5.74) is 0.902. The molecule has 2 aromatic rings. The highest BCUT2D eigenvalue weighted by molar-refractivity contribution is 5.76. The second kappa shape index (κ2) is 8.49. The fraction of sp³-hybridized carbons (Fsp3) is 0.444. The molecule has 0 aliphatic heterocycles. The zero-order valence-electron chi connectivity index (χ0n) is 14.3. The van der Waals surface area contributed by atoms with E-state index in [0.717, 1.165) is 11.3 Å². The van der Waals surface area contributed by atoms with Crippen LogP contribution in [0.4, 0.5) is 0 Å². The second-order valence-corrected chi connectivity index (χ2v) is 5.96. The molecule has 1 heterocycles. The molecule has 0 aliphatic carbocycles. The van der Waals surface area contributed by atoms with Gasteiger partial charge >= 0.3 is 0 Å². The molecular formula is C18H24N2O4. The highest BCUT2D eigenvalue weighted by Crippen LogP contribution is 2.23. The van der Waals surface area contributed by atoms with Gasteiger partial charge < -0.3 is 19.6 Å². The largest absolute Gasteiger partial charge is 0.497 e. The van der Waals surface area contributed by atoms with Gasteiger partial charge in [0.1, 0.15) is 5.75 Å². The number of aryl methyl sites for hydroxylation is 1. The lowest BCUT2D eigenvalue weighted by molar-refractivity contribution is -0.121. The first kappa shape index (κ1) is 18.0. The van der Waals surface area contributed by atoms with Gasteiger partial charge in [-0.25, -0.2) is 4.98 Å². The average Bonchev–Trinajstić information content (AvgIpc) is 3.06. The summed E-state index contributed by atoms with van der Waals surface area (Å²) in [5.74, 6) is 1.94. The summed E-state index contributed by atoms with van der Waals surface area (Å²) in [6.45, 7) is 4.08. The fourth-order valence-electron chi connectivity index (χ4n) is 2.08. The summed E-state index contributed by atoms with van der Waals surface area (Å²) in [6.07, 6.45) is 1.81. The van der Waals surface area contributed by atoms with Crippen molar-refractivity contribution in [2.24, 2.45) is 5.92 Å². The number of aliphatic hydroxyl groups excluding tert-OH is 1. The number of amides is 1. The number of nitrogens with zero attached hydrogens (tertiary/aromatic N) is 1. The van der Waals surface area contributed by atoms with Gasteiger partial charge in [0.2, 0.25) is 5.91 Å². The highest BCUT2D eigenvalue weighted by Gasteiger charge is 2.12. The van der Waals surface area contributed by atoms with Crippen molar-refractivity contribution in [3.63, 3.8) is 0 Å². The van der Waals surface area contributed by atoms with E-state index in [1.54, 1.807) is 13.3 Å². The van der Waals surface area contributed by atoms with Gasteiger partial charge in [-0.3, -0.25) is 4.79 Å². The molecule has 0 saturated carbocycles. The lowest BCUT2D eigenvalue weighted by Crippen LogP contribution is -2.34. The van der Waals surface area contributed by atoms with Crippen LogP contribution >= 0.6 is 0 Å². The Hall–Kier alpha value is -2.34. The lowest BCUT2D eigenvalue weighted by Gasteiger charge is -2.14. The minimum absolute atomic E-state index is 0.115. The van der Waals surface area contributed by atoms with E-state index in [0.29, 0.717) is 18.1 Å². The molecule has 1 amide bonds. The quantitative estimate of drug-likeness (QED) is 0.775. The van der Waals surface area contributed by atoms with E-state index in [1.165, 1.54) is 0 Å². The van der Waals surface area contributed by atoms with Gasteiger partial charge in [0.05, 0.1) is 19.4 Å². The van der Waals surface area contributed by atoms with Crippen LogP contribution in [0.3, 0.4) is 0 Å². The molecule has 6 heteroatoms. The van der Waals surface area contributed by atoms with Crippen LogP contribution in [0.1, 0.15) is 26.2 Å². The second-order valence-electron chi connectivity index (χ2n) is 5.96. The molecule has 24 heavy (non-hydrogen) atoms. The molecule has 2 rings (SSSR count). The first-order chi connectivity index (χ1) is 11.5. The zero-order valence-corrected chi connectivity index (χ0v) is 14.3. The number of hydrogen-bond acceptors (Lipinski definition) is 5. The molecule has 1 atom stereocenters. The van der Waals surface area contributed by atoms with Crippen molar-refractivity contribution < 1.29 is 19.1 Å². The van der Waals surface area contributed by atoms with Crippen LogP contribution in [0.15, 0.2) is 34.9 Å². The van der Waals surface area contributed by atoms with Crippen LogP contribution in [0.5, 0.6) is 5.75 Å². The molecular weight excluding hydrogens is 308 g/mol. The zero-order chi connectivity index (χ0) is 17.5. The maximum atomic E-state index is 11.8. The number of methoxy groups -OCH3 is 1. The van der Waals surface area contributed by atoms with Crippen LogP contribution in [0, 0.1) is 5.92 Å². The molecule has 0 saturated heterocycles. The predicted molar refractivity (Wildman–Crippen MR) is 90.7 cm³/mol. The number of aliphatic hydroxyl groups is 1. The van der Waals surface area contributed by atoms with Crippen molar-refractivity contribution in [2.45, 2.75) is 32.8 Å². The molecule has 1 aromatic carbocycles. The number of oxazole rings is 1. The molecule has 1 unspecified atom stereocenters. The van der Waals surface area contributed by atoms with E-state index in [9.17, 15) is 9.90 Å². The first-order valence-electron chi connectivity index (χ1n) is 8.03. The topological polar surface area (TPSA) is 84.6 Å². The van der Waals surface area contributed by atoms with E-state index in [4.69, 9.17) is 9.15 Å². The number of rotatable bonds is 8. The van der Waals surface area contributed by atoms with E-state index in [-0.39, 0.29) is 24.8 Å². The predicted octanol–water partition coefficient (Wildman–Crippen LogP) is 2.42. The molecule has 2 N–H and O–H groups in total. The third-order valence-corrected chi connectivity index (χ3v) is 3.77. The number of carbonyl (C=O) groups is 1. The number of aromatic nitrogens is 1. The van der Waals surface area contributed by atoms with Gasteiger partial charge in [-0.2, -0.15) is 0 Å². The van der Waals surface area contributed by atoms with Gasteiger partial charge in [0.15, 0.2) is 11.7 Å². The van der Waals surface area contributed by atoms with Gasteiger partial charge in [-0.05, 0) is 30.2 Å². The van der Waals surface area contributed by atoms with Crippen LogP contribution in [-0.2, 0) is 11.2 Å². The molecule has 0 radical (unpaired) electrons. The lowest BCUT2D eigenvalue weighted by atomic mass is 10.1. The van der Waals surface area contributed by atoms with E-state index in [1.807, 2.05) is 38.1 Å². The third kappa shape index (κ3) is 5.09. The first-order valence-corrected chi connectivity index (χ1v) is 8.03. The minimum atomic E-state index is -0.530. The van der Waals surface area contributed by atoms with Crippen LogP contribution in [0.2, 0.25) is 0 Å². The average molecular weight is 332 g/mol. The van der Waals surface area contributed by atoms with Gasteiger partial charge in [0.25, 0.3) is 0 Å². The number of nitrogens with one attached hydrogen (secondary N) is 1. The molecule has 0 bridgehead atoms. The maximum absolute atomic E-state index is 11.8. The third-order valence-electron chi connectivity index (χ3n) is 3.77. The van der Waals surface area contributed by atoms with Gasteiger partial charge in [-0.15, -0.1) is 0 Å². The Morgan fingerprint density at radius 2 is 2.04 bits per heavy atom.